The summed E-state index contributed by atoms with van der Waals surface area (Å²) in [5, 5.41) is 9.32. The van der Waals surface area contributed by atoms with Gasteiger partial charge in [0.15, 0.2) is 0 Å². The van der Waals surface area contributed by atoms with Crippen molar-refractivity contribution in [2.45, 2.75) is 30.7 Å². The fourth-order valence-electron chi connectivity index (χ4n) is 2.59. The third-order valence-corrected chi connectivity index (χ3v) is 6.09. The third-order valence-electron chi connectivity index (χ3n) is 3.87. The molecule has 2 unspecified atom stereocenters. The molecule has 8 heteroatoms. The molecule has 5 nitrogen and oxygen atoms in total. The molecule has 1 saturated heterocycles. The summed E-state index contributed by atoms with van der Waals surface area (Å²) >= 11 is 5.93. The highest BCUT2D eigenvalue weighted by Crippen LogP contribution is 2.29. The van der Waals surface area contributed by atoms with Crippen molar-refractivity contribution in [2.24, 2.45) is 11.7 Å². The Hall–Kier alpha value is -0.840. The van der Waals surface area contributed by atoms with E-state index in [4.69, 9.17) is 22.6 Å². The molecule has 1 heterocycles. The van der Waals surface area contributed by atoms with Gasteiger partial charge in [-0.25, -0.2) is 8.42 Å². The number of benzene rings is 1. The normalized spacial score (nSPS) is 20.7. The topological polar surface area (TPSA) is 87.2 Å². The summed E-state index contributed by atoms with van der Waals surface area (Å²) < 4.78 is 26.9. The molecule has 0 amide bonds. The van der Waals surface area contributed by atoms with Gasteiger partial charge in [-0.1, -0.05) is 17.7 Å². The van der Waals surface area contributed by atoms with Crippen LogP contribution in [0.15, 0.2) is 23.1 Å². The minimum atomic E-state index is -3.72. The molecule has 0 radical (unpaired) electrons. The Bertz CT molecular complexity index is 671. The Balaban J connectivity index is 0.00000242. The lowest BCUT2D eigenvalue weighted by Crippen LogP contribution is -2.45. The van der Waals surface area contributed by atoms with Crippen molar-refractivity contribution < 1.29 is 8.42 Å². The summed E-state index contributed by atoms with van der Waals surface area (Å²) in [6.45, 7) is 2.72. The molecule has 122 valence electrons. The summed E-state index contributed by atoms with van der Waals surface area (Å²) in [5.74, 6) is 0.137. The number of nitrogens with two attached hydrogens (primary N) is 1. The maximum atomic E-state index is 12.8. The lowest BCUT2D eigenvalue weighted by atomic mass is 9.93. The Kier molecular flexibility index (Phi) is 6.65. The minimum Gasteiger partial charge on any atom is -0.328 e. The molecule has 22 heavy (non-hydrogen) atoms. The number of rotatable bonds is 3. The number of hydrogen-bond donors (Lipinski definition) is 1. The Morgan fingerprint density at radius 3 is 2.77 bits per heavy atom. The summed E-state index contributed by atoms with van der Waals surface area (Å²) in [4.78, 5) is -0.0252. The zero-order chi connectivity index (χ0) is 15.6. The van der Waals surface area contributed by atoms with E-state index in [2.05, 4.69) is 0 Å². The van der Waals surface area contributed by atoms with Crippen molar-refractivity contribution in [3.05, 3.63) is 28.8 Å². The lowest BCUT2D eigenvalue weighted by Gasteiger charge is -2.33. The molecule has 1 aromatic carbocycles. The predicted octanol–water partition coefficient (Wildman–Crippen LogP) is 2.38. The van der Waals surface area contributed by atoms with Gasteiger partial charge in [0.25, 0.3) is 0 Å². The molecule has 1 fully saturated rings. The molecule has 0 saturated carbocycles. The van der Waals surface area contributed by atoms with E-state index < -0.39 is 10.0 Å². The van der Waals surface area contributed by atoms with E-state index in [-0.39, 0.29) is 39.8 Å². The molecule has 1 aromatic rings. The second kappa shape index (κ2) is 7.62. The molecule has 2 atom stereocenters. The largest absolute Gasteiger partial charge is 0.328 e. The van der Waals surface area contributed by atoms with E-state index >= 15 is 0 Å². The maximum absolute atomic E-state index is 12.8. The van der Waals surface area contributed by atoms with Crippen LogP contribution in [0.5, 0.6) is 0 Å². The summed E-state index contributed by atoms with van der Waals surface area (Å²) in [7, 11) is -3.72. The predicted molar refractivity (Wildman–Crippen MR) is 88.5 cm³/mol. The van der Waals surface area contributed by atoms with Crippen LogP contribution in [-0.2, 0) is 10.0 Å². The van der Waals surface area contributed by atoms with Gasteiger partial charge in [-0.2, -0.15) is 9.57 Å². The highest BCUT2D eigenvalue weighted by molar-refractivity contribution is 7.89. The van der Waals surface area contributed by atoms with Gasteiger partial charge >= 0.3 is 0 Å². The van der Waals surface area contributed by atoms with Crippen LogP contribution >= 0.6 is 24.0 Å². The van der Waals surface area contributed by atoms with E-state index in [0.29, 0.717) is 13.1 Å². The number of halogens is 2. The van der Waals surface area contributed by atoms with Gasteiger partial charge in [0, 0.05) is 19.1 Å². The summed E-state index contributed by atoms with van der Waals surface area (Å²) in [5.41, 5.74) is 5.90. The van der Waals surface area contributed by atoms with Gasteiger partial charge in [-0.3, -0.25) is 0 Å². The lowest BCUT2D eigenvalue weighted by molar-refractivity contribution is 0.243. The standard InChI is InChI=1S/C14H18ClN3O2S.ClH/c1-10(17)11-4-3-7-18(9-11)21(19,20)14-6-2-5-13(15)12(14)8-16;/h2,5-6,10-11H,3-4,7,9,17H2,1H3;1H. The fraction of sp³-hybridized carbons (Fsp3) is 0.500. The van der Waals surface area contributed by atoms with E-state index in [1.165, 1.54) is 16.4 Å². The average Bonchev–Trinajstić information content (AvgIpc) is 2.47. The average molecular weight is 364 g/mol. The number of sulfonamides is 1. The molecule has 0 bridgehead atoms. The Morgan fingerprint density at radius 1 is 1.50 bits per heavy atom. The first-order valence-electron chi connectivity index (χ1n) is 6.82. The quantitative estimate of drug-likeness (QED) is 0.892. The van der Waals surface area contributed by atoms with Crippen LogP contribution in [-0.4, -0.2) is 31.9 Å². The van der Waals surface area contributed by atoms with Gasteiger partial charge in [0.05, 0.1) is 10.6 Å². The van der Waals surface area contributed by atoms with Crippen LogP contribution in [0.4, 0.5) is 0 Å². The second-order valence-corrected chi connectivity index (χ2v) is 7.66. The van der Waals surface area contributed by atoms with Crippen LogP contribution < -0.4 is 5.73 Å². The van der Waals surface area contributed by atoms with Gasteiger partial charge < -0.3 is 5.73 Å². The zero-order valence-electron chi connectivity index (χ0n) is 12.2. The monoisotopic (exact) mass is 363 g/mol. The highest BCUT2D eigenvalue weighted by Gasteiger charge is 2.33. The van der Waals surface area contributed by atoms with Crippen molar-refractivity contribution in [1.82, 2.24) is 4.31 Å². The van der Waals surface area contributed by atoms with Crippen LogP contribution in [0, 0.1) is 17.2 Å². The smallest absolute Gasteiger partial charge is 0.244 e. The van der Waals surface area contributed by atoms with E-state index in [1.807, 2.05) is 13.0 Å². The van der Waals surface area contributed by atoms with Crippen LogP contribution in [0.1, 0.15) is 25.3 Å². The van der Waals surface area contributed by atoms with Gasteiger partial charge in [0.1, 0.15) is 11.0 Å². The Labute approximate surface area is 142 Å². The fourth-order valence-corrected chi connectivity index (χ4v) is 4.56. The molecule has 0 aromatic heterocycles. The number of nitrogens with zero attached hydrogens (tertiary/aromatic N) is 2. The molecular formula is C14H19Cl2N3O2S. The summed E-state index contributed by atoms with van der Waals surface area (Å²) in [6, 6.07) is 6.31. The number of nitriles is 1. The third kappa shape index (κ3) is 3.73. The SMILES string of the molecule is CC(N)C1CCCN(S(=O)(=O)c2cccc(Cl)c2C#N)C1.Cl. The van der Waals surface area contributed by atoms with Crippen molar-refractivity contribution in [3.63, 3.8) is 0 Å². The van der Waals surface area contributed by atoms with Gasteiger partial charge in [0.2, 0.25) is 10.0 Å². The van der Waals surface area contributed by atoms with E-state index in [1.54, 1.807) is 6.07 Å². The van der Waals surface area contributed by atoms with Gasteiger partial charge in [-0.15, -0.1) is 12.4 Å². The highest BCUT2D eigenvalue weighted by atomic mass is 35.5. The van der Waals surface area contributed by atoms with E-state index in [0.717, 1.165) is 12.8 Å². The number of hydrogen-bond acceptors (Lipinski definition) is 4. The van der Waals surface area contributed by atoms with Crippen molar-refractivity contribution in [2.75, 3.05) is 13.1 Å². The zero-order valence-corrected chi connectivity index (χ0v) is 14.6. The van der Waals surface area contributed by atoms with Crippen molar-refractivity contribution in [1.29, 1.82) is 5.26 Å². The first kappa shape index (κ1) is 19.2. The molecule has 1 aliphatic heterocycles. The maximum Gasteiger partial charge on any atom is 0.244 e. The van der Waals surface area contributed by atoms with E-state index in [9.17, 15) is 8.42 Å². The molecule has 1 aliphatic rings. The number of piperidine rings is 1. The summed E-state index contributed by atoms with van der Waals surface area (Å²) in [6.07, 6.45) is 1.69. The van der Waals surface area contributed by atoms with Crippen LogP contribution in [0.25, 0.3) is 0 Å². The van der Waals surface area contributed by atoms with Crippen molar-refractivity contribution >= 4 is 34.0 Å². The molecule has 0 aliphatic carbocycles. The molecule has 2 rings (SSSR count). The second-order valence-electron chi connectivity index (χ2n) is 5.35. The van der Waals surface area contributed by atoms with Crippen molar-refractivity contribution in [3.8, 4) is 6.07 Å². The first-order chi connectivity index (χ1) is 9.87. The first-order valence-corrected chi connectivity index (χ1v) is 8.64. The van der Waals surface area contributed by atoms with Gasteiger partial charge in [-0.05, 0) is 37.8 Å². The minimum absolute atomic E-state index is 0. The molecular weight excluding hydrogens is 345 g/mol. The molecule has 2 N–H and O–H groups in total. The van der Waals surface area contributed by atoms with Crippen LogP contribution in [0.2, 0.25) is 5.02 Å². The molecule has 0 spiro atoms. The Morgan fingerprint density at radius 2 is 2.18 bits per heavy atom. The van der Waals surface area contributed by atoms with Crippen LogP contribution in [0.3, 0.4) is 0 Å².